The van der Waals surface area contributed by atoms with Crippen LogP contribution >= 0.6 is 0 Å². The van der Waals surface area contributed by atoms with E-state index in [2.05, 4.69) is 58.2 Å². The molecule has 120 heavy (non-hydrogen) atoms. The molecule has 2 saturated heterocycles. The summed E-state index contributed by atoms with van der Waals surface area (Å²) in [6.45, 7) is 3.83. The Balaban J connectivity index is 0.949. The normalized spacial score (nSPS) is 23.7. The van der Waals surface area contributed by atoms with E-state index in [4.69, 9.17) is 24.7 Å². The van der Waals surface area contributed by atoms with E-state index in [9.17, 15) is 33.6 Å². The molecular formula is C86H104FN17O16. The van der Waals surface area contributed by atoms with Gasteiger partial charge in [0.2, 0.25) is 65.0 Å². The number of nitrogens with zero attached hydrogens (tertiary/aromatic N) is 7. The number of fused-ring (bicyclic) bond motifs is 16. The highest BCUT2D eigenvalue weighted by atomic mass is 19.1. The molecule has 0 aliphatic carbocycles. The predicted octanol–water partition coefficient (Wildman–Crippen LogP) is 2.66. The largest absolute Gasteiger partial charge is 0.497 e. The van der Waals surface area contributed by atoms with Crippen LogP contribution in [0.2, 0.25) is 0 Å². The van der Waals surface area contributed by atoms with Gasteiger partial charge in [-0.25, -0.2) is 9.18 Å². The van der Waals surface area contributed by atoms with Gasteiger partial charge in [0, 0.05) is 108 Å². The van der Waals surface area contributed by atoms with Crippen molar-refractivity contribution in [1.29, 1.82) is 0 Å². The minimum Gasteiger partial charge on any atom is -0.497 e. The Morgan fingerprint density at radius 2 is 1.47 bits per heavy atom. The topological polar surface area (TPSA) is 421 Å². The van der Waals surface area contributed by atoms with Gasteiger partial charge >= 0.3 is 6.09 Å². The number of nitrogens with one attached hydrogen (secondary N) is 9. The smallest absolute Gasteiger partial charge is 0.407 e. The number of rotatable bonds is 13. The molecule has 10 atom stereocenters. The van der Waals surface area contributed by atoms with Crippen molar-refractivity contribution in [2.24, 2.45) is 5.73 Å². The lowest BCUT2D eigenvalue weighted by atomic mass is 9.95. The average molecular weight is 1650 g/mol. The van der Waals surface area contributed by atoms with Crippen LogP contribution in [0.15, 0.2) is 146 Å². The van der Waals surface area contributed by atoms with Crippen molar-refractivity contribution in [2.75, 3.05) is 53.0 Å². The van der Waals surface area contributed by atoms with Crippen LogP contribution in [0.1, 0.15) is 110 Å². The van der Waals surface area contributed by atoms with E-state index in [-0.39, 0.29) is 122 Å². The SMILES string of the molecule is COc1ccc(C[C@@H]2NC(=O)[C@H]([C@@H](C)OCc3cn(CCNC(=O)OCc4ccccc4)nn3)NC(=O)[C@@H]3[C@@H]4CCN3C(=O)[C@@H]3Cc5cn(c6ccc(F)cc56)CC=CCCCN(Cc5ccc(cc5)CCNC(=O)[C@]5(C)CCCN5C2=O)C(=O)CCC(=O)N[C@@H](C)C(=O)N[C@H](CN)C(=O)N[C@@H](Cc2cccc(c2)CNC(=O)CO4)C(=O)N3)cc1. The number of carbonyl (C=O) groups excluding carboxylic acids is 12. The molecule has 2 fully saturated rings. The number of halogens is 1. The Hall–Kier alpha value is -12.4. The van der Waals surface area contributed by atoms with E-state index < -0.39 is 151 Å². The molecule has 6 aliphatic rings. The number of methoxy groups -OCH3 is 1. The number of allylic oxidation sites excluding steroid dienone is 2. The lowest BCUT2D eigenvalue weighted by Gasteiger charge is -2.37. The lowest BCUT2D eigenvalue weighted by molar-refractivity contribution is -0.148. The summed E-state index contributed by atoms with van der Waals surface area (Å²) in [6.07, 6.45) is 4.22. The molecular weight excluding hydrogens is 1550 g/mol. The van der Waals surface area contributed by atoms with Crippen molar-refractivity contribution in [3.05, 3.63) is 196 Å². The highest BCUT2D eigenvalue weighted by Crippen LogP contribution is 2.33. The third-order valence-electron chi connectivity index (χ3n) is 22.3. The van der Waals surface area contributed by atoms with Gasteiger partial charge in [-0.1, -0.05) is 108 Å². The van der Waals surface area contributed by atoms with Gasteiger partial charge in [-0.05, 0) is 129 Å². The first kappa shape index (κ1) is 86.9. The van der Waals surface area contributed by atoms with Crippen LogP contribution in [0, 0.1) is 5.82 Å². The summed E-state index contributed by atoms with van der Waals surface area (Å²) in [6, 6.07) is 23.3. The fourth-order valence-corrected chi connectivity index (χ4v) is 15.6. The lowest BCUT2D eigenvalue weighted by Crippen LogP contribution is -2.64. The third-order valence-corrected chi connectivity index (χ3v) is 22.3. The number of alkyl carbamates (subject to hydrolysis) is 1. The van der Waals surface area contributed by atoms with Crippen molar-refractivity contribution in [3.63, 3.8) is 0 Å². The van der Waals surface area contributed by atoms with E-state index in [1.54, 1.807) is 78.8 Å². The van der Waals surface area contributed by atoms with Gasteiger partial charge in [-0.3, -0.25) is 57.4 Å². The highest BCUT2D eigenvalue weighted by Gasteiger charge is 2.50. The van der Waals surface area contributed by atoms with Gasteiger partial charge in [0.05, 0.1) is 38.7 Å². The summed E-state index contributed by atoms with van der Waals surface area (Å²) in [7, 11) is 1.49. The molecule has 0 unspecified atom stereocenters. The Labute approximate surface area is 693 Å². The third kappa shape index (κ3) is 22.7. The van der Waals surface area contributed by atoms with Gasteiger partial charge < -0.3 is 91.8 Å². The van der Waals surface area contributed by atoms with Gasteiger partial charge in [-0.2, -0.15) is 0 Å². The minimum atomic E-state index is -1.79. The summed E-state index contributed by atoms with van der Waals surface area (Å²) < 4.78 is 42.9. The zero-order valence-corrected chi connectivity index (χ0v) is 67.6. The number of amides is 12. The second kappa shape index (κ2) is 40.8. The van der Waals surface area contributed by atoms with Crippen LogP contribution in [0.25, 0.3) is 10.9 Å². The van der Waals surface area contributed by atoms with Crippen molar-refractivity contribution in [2.45, 2.75) is 191 Å². The molecule has 6 aliphatic heterocycles. The summed E-state index contributed by atoms with van der Waals surface area (Å²) in [5.41, 5.74) is 9.88. The summed E-state index contributed by atoms with van der Waals surface area (Å²) in [4.78, 5) is 183. The molecule has 13 rings (SSSR count). The van der Waals surface area contributed by atoms with Crippen LogP contribution in [-0.4, -0.2) is 218 Å². The van der Waals surface area contributed by atoms with Crippen LogP contribution in [0.4, 0.5) is 9.18 Å². The maximum atomic E-state index is 16.4. The fourth-order valence-electron chi connectivity index (χ4n) is 15.6. The van der Waals surface area contributed by atoms with Gasteiger partial charge in [0.1, 0.15) is 78.3 Å². The number of benzene rings is 5. The zero-order chi connectivity index (χ0) is 85.0. The van der Waals surface area contributed by atoms with E-state index in [1.807, 2.05) is 71.3 Å². The molecule has 0 saturated carbocycles. The van der Waals surface area contributed by atoms with E-state index in [1.165, 1.54) is 42.7 Å². The van der Waals surface area contributed by atoms with Crippen molar-refractivity contribution >= 4 is 82.0 Å². The molecule has 12 amide bonds. The zero-order valence-electron chi connectivity index (χ0n) is 67.6. The standard InChI is InChI=1S/C86H104FN17O16/c1-53-77(108)96-69(45-88)79(110)93-66-42-59-16-12-17-60(40-59)46-91-73(106)52-119-71-31-38-103-76(71)81(112)97-75(54(2)118-51-63-49-102(99-98-63)39-34-90-85(116)120-50-58-14-8-7-9-15-58)80(111)95-67(41-56-22-25-64(117-4)26-23-56)83(114)104-37-13-32-86(104,3)84(115)89-33-30-55-18-20-57(21-19-55)47-101(74(107)29-28-72(105)92-53)36-11-6-5-10-35-100-48-61(43-68(82(103)113)94-78(66)109)65-44-62(87)24-27-70(65)100/h5,7-10,12,14-27,40,44,48-49,53-54,66-69,71,75-76H,6,11,13,28-39,41-43,45-47,50-52,88H2,1-4H3,(H,89,115)(H,90,116)(H,91,106)(H,92,105)(H,93,110)(H,94,109)(H,95,111)(H,96,108)(H,97,112)/t53-,54+,66-,67-,68-,69+,71-,75-,76-,86-/m0/s1. The number of nitrogens with two attached hydrogens (primary N) is 1. The molecule has 34 heteroatoms. The van der Waals surface area contributed by atoms with Crippen LogP contribution in [-0.2, 0) is 132 Å². The van der Waals surface area contributed by atoms with Gasteiger partial charge in [0.25, 0.3) is 0 Å². The molecule has 0 spiro atoms. The number of ether oxygens (including phenoxy) is 4. The summed E-state index contributed by atoms with van der Waals surface area (Å²) >= 11 is 0. The van der Waals surface area contributed by atoms with Crippen LogP contribution in [0.5, 0.6) is 5.75 Å². The Bertz CT molecular complexity index is 4890. The van der Waals surface area contributed by atoms with Crippen molar-refractivity contribution < 1.29 is 80.9 Å². The molecule has 5 aromatic carbocycles. The molecule has 12 bridgehead atoms. The number of hydrogen-bond acceptors (Lipinski definition) is 19. The molecule has 636 valence electrons. The maximum absolute atomic E-state index is 16.4. The molecule has 7 aromatic rings. The Morgan fingerprint density at radius 1 is 0.700 bits per heavy atom. The first-order chi connectivity index (χ1) is 57.9. The quantitative estimate of drug-likeness (QED) is 0.0742. The predicted molar refractivity (Wildman–Crippen MR) is 435 cm³/mol. The molecule has 8 heterocycles. The summed E-state index contributed by atoms with van der Waals surface area (Å²) in [5.74, 6) is -8.50. The monoisotopic (exact) mass is 1650 g/mol. The Kier molecular flexibility index (Phi) is 29.6. The Morgan fingerprint density at radius 3 is 2.25 bits per heavy atom. The van der Waals surface area contributed by atoms with Crippen LogP contribution < -0.4 is 58.3 Å². The number of carbonyl (C=O) groups is 12. The van der Waals surface area contributed by atoms with Crippen molar-refractivity contribution in [3.8, 4) is 5.75 Å². The number of hydrogen-bond donors (Lipinski definition) is 10. The van der Waals surface area contributed by atoms with Crippen molar-refractivity contribution in [1.82, 2.24) is 82.1 Å². The maximum Gasteiger partial charge on any atom is 0.407 e. The first-order valence-corrected chi connectivity index (χ1v) is 40.6. The van der Waals surface area contributed by atoms with Gasteiger partial charge in [-0.15, -0.1) is 5.10 Å². The van der Waals surface area contributed by atoms with E-state index in [0.29, 0.717) is 64.6 Å². The molecule has 2 aromatic heterocycles. The van der Waals surface area contributed by atoms with Crippen LogP contribution in [0.3, 0.4) is 0 Å². The first-order valence-electron chi connectivity index (χ1n) is 40.6. The van der Waals surface area contributed by atoms with E-state index in [0.717, 1.165) is 21.6 Å². The van der Waals surface area contributed by atoms with Gasteiger partial charge in [0.15, 0.2) is 0 Å². The van der Waals surface area contributed by atoms with E-state index >= 15 is 28.4 Å². The number of aromatic nitrogens is 4. The minimum absolute atomic E-state index is 0.0449. The molecule has 33 nitrogen and oxygen atoms in total. The second-order valence-corrected chi connectivity index (χ2v) is 31.0. The second-order valence-electron chi connectivity index (χ2n) is 31.0. The average Bonchev–Trinajstić information content (AvgIpc) is 1.61. The molecule has 11 N–H and O–H groups in total. The fraction of sp³-hybridized carbons (Fsp3) is 0.442. The summed E-state index contributed by atoms with van der Waals surface area (Å²) in [5, 5.41) is 34.1. The highest BCUT2D eigenvalue weighted by molar-refractivity contribution is 6.00. The molecule has 0 radical (unpaired) electrons.